The van der Waals surface area contributed by atoms with Crippen LogP contribution in [-0.2, 0) is 9.59 Å². The Balaban J connectivity index is 1.88. The summed E-state index contributed by atoms with van der Waals surface area (Å²) in [5, 5.41) is 1.10. The van der Waals surface area contributed by atoms with Gasteiger partial charge in [0, 0.05) is 35.0 Å². The highest BCUT2D eigenvalue weighted by molar-refractivity contribution is 9.10. The topological polar surface area (TPSA) is 50.3 Å². The SMILES string of the molecule is CC(=O)SC1CC(=O)N(c2ccc3cc(Br)ccc3n2)C1. The number of carbonyl (C=O) groups is 2. The van der Waals surface area contributed by atoms with Crippen LogP contribution in [0.5, 0.6) is 0 Å². The summed E-state index contributed by atoms with van der Waals surface area (Å²) in [5.74, 6) is 0.680. The average Bonchev–Trinajstić information content (AvgIpc) is 2.78. The monoisotopic (exact) mass is 364 g/mol. The third kappa shape index (κ3) is 3.11. The number of rotatable bonds is 2. The summed E-state index contributed by atoms with van der Waals surface area (Å²) in [6.45, 7) is 2.07. The van der Waals surface area contributed by atoms with E-state index in [9.17, 15) is 9.59 Å². The number of hydrogen-bond donors (Lipinski definition) is 0. The molecule has 1 atom stereocenters. The zero-order valence-electron chi connectivity index (χ0n) is 11.4. The summed E-state index contributed by atoms with van der Waals surface area (Å²) in [6.07, 6.45) is 0.393. The summed E-state index contributed by atoms with van der Waals surface area (Å²) >= 11 is 4.66. The Bertz CT molecular complexity index is 735. The molecule has 0 N–H and O–H groups in total. The van der Waals surface area contributed by atoms with Gasteiger partial charge in [0.1, 0.15) is 5.82 Å². The molecule has 2 heterocycles. The third-order valence-corrected chi connectivity index (χ3v) is 4.81. The van der Waals surface area contributed by atoms with Gasteiger partial charge in [0.15, 0.2) is 5.12 Å². The molecule has 21 heavy (non-hydrogen) atoms. The van der Waals surface area contributed by atoms with Gasteiger partial charge >= 0.3 is 0 Å². The van der Waals surface area contributed by atoms with Crippen molar-refractivity contribution in [1.29, 1.82) is 0 Å². The summed E-state index contributed by atoms with van der Waals surface area (Å²) in [5.41, 5.74) is 0.853. The van der Waals surface area contributed by atoms with Crippen LogP contribution in [0.25, 0.3) is 10.9 Å². The maximum atomic E-state index is 12.1. The summed E-state index contributed by atoms with van der Waals surface area (Å²) in [4.78, 5) is 29.5. The Labute approximate surface area is 135 Å². The molecule has 4 nitrogen and oxygen atoms in total. The van der Waals surface area contributed by atoms with Crippen LogP contribution in [0.15, 0.2) is 34.8 Å². The van der Waals surface area contributed by atoms with Gasteiger partial charge in [-0.05, 0) is 30.3 Å². The number of carbonyl (C=O) groups excluding carboxylic acids is 2. The predicted octanol–water partition coefficient (Wildman–Crippen LogP) is 3.38. The molecule has 0 aliphatic carbocycles. The van der Waals surface area contributed by atoms with E-state index in [0.717, 1.165) is 15.4 Å². The van der Waals surface area contributed by atoms with Crippen molar-refractivity contribution in [3.63, 3.8) is 0 Å². The first kappa shape index (κ1) is 14.5. The second-order valence-electron chi connectivity index (χ2n) is 4.95. The van der Waals surface area contributed by atoms with Gasteiger partial charge in [-0.1, -0.05) is 27.7 Å². The largest absolute Gasteiger partial charge is 0.296 e. The number of thioether (sulfide) groups is 1. The molecule has 108 valence electrons. The molecule has 0 spiro atoms. The second-order valence-corrected chi connectivity index (χ2v) is 7.34. The Morgan fingerprint density at radius 3 is 2.95 bits per heavy atom. The lowest BCUT2D eigenvalue weighted by atomic mass is 10.2. The summed E-state index contributed by atoms with van der Waals surface area (Å²) in [7, 11) is 0. The van der Waals surface area contributed by atoms with Crippen molar-refractivity contribution < 1.29 is 9.59 Å². The van der Waals surface area contributed by atoms with Crippen molar-refractivity contribution in [3.8, 4) is 0 Å². The fraction of sp³-hybridized carbons (Fsp3) is 0.267. The van der Waals surface area contributed by atoms with Crippen LogP contribution >= 0.6 is 27.7 Å². The van der Waals surface area contributed by atoms with E-state index in [0.29, 0.717) is 18.8 Å². The zero-order chi connectivity index (χ0) is 15.0. The van der Waals surface area contributed by atoms with Crippen LogP contribution in [0.2, 0.25) is 0 Å². The first-order valence-corrected chi connectivity index (χ1v) is 8.24. The number of amides is 1. The van der Waals surface area contributed by atoms with Crippen molar-refractivity contribution in [2.75, 3.05) is 11.4 Å². The van der Waals surface area contributed by atoms with Crippen LogP contribution in [0.4, 0.5) is 5.82 Å². The van der Waals surface area contributed by atoms with Gasteiger partial charge in [0.2, 0.25) is 5.91 Å². The Hall–Kier alpha value is -1.40. The Kier molecular flexibility index (Phi) is 3.99. The minimum atomic E-state index is 0.0254. The smallest absolute Gasteiger partial charge is 0.229 e. The highest BCUT2D eigenvalue weighted by Gasteiger charge is 2.32. The van der Waals surface area contributed by atoms with Crippen molar-refractivity contribution in [3.05, 3.63) is 34.8 Å². The molecule has 1 aromatic heterocycles. The summed E-state index contributed by atoms with van der Waals surface area (Å²) in [6, 6.07) is 9.66. The molecule has 1 amide bonds. The normalized spacial score (nSPS) is 18.5. The van der Waals surface area contributed by atoms with Gasteiger partial charge in [-0.2, -0.15) is 0 Å². The fourth-order valence-corrected chi connectivity index (χ4v) is 3.74. The molecule has 1 aliphatic rings. The van der Waals surface area contributed by atoms with Gasteiger partial charge in [-0.15, -0.1) is 0 Å². The molecule has 1 fully saturated rings. The lowest BCUT2D eigenvalue weighted by Crippen LogP contribution is -2.25. The second kappa shape index (κ2) is 5.77. The van der Waals surface area contributed by atoms with Gasteiger partial charge in [0.25, 0.3) is 0 Å². The number of anilines is 1. The number of aromatic nitrogens is 1. The molecule has 0 bridgehead atoms. The average molecular weight is 365 g/mol. The highest BCUT2D eigenvalue weighted by Crippen LogP contribution is 2.29. The lowest BCUT2D eigenvalue weighted by molar-refractivity contribution is -0.117. The molecule has 0 saturated carbocycles. The van der Waals surface area contributed by atoms with Crippen molar-refractivity contribution >= 4 is 55.4 Å². The van der Waals surface area contributed by atoms with E-state index < -0.39 is 0 Å². The molecule has 0 radical (unpaired) electrons. The minimum absolute atomic E-state index is 0.0254. The van der Waals surface area contributed by atoms with Crippen molar-refractivity contribution in [2.24, 2.45) is 0 Å². The van der Waals surface area contributed by atoms with E-state index >= 15 is 0 Å². The number of halogens is 1. The third-order valence-electron chi connectivity index (χ3n) is 3.34. The zero-order valence-corrected chi connectivity index (χ0v) is 13.8. The summed E-state index contributed by atoms with van der Waals surface area (Å²) < 4.78 is 1.000. The van der Waals surface area contributed by atoms with Crippen LogP contribution in [0, 0.1) is 0 Å². The van der Waals surface area contributed by atoms with Crippen molar-refractivity contribution in [1.82, 2.24) is 4.98 Å². The van der Waals surface area contributed by atoms with E-state index in [-0.39, 0.29) is 16.3 Å². The number of pyridine rings is 1. The van der Waals surface area contributed by atoms with Crippen LogP contribution in [-0.4, -0.2) is 27.8 Å². The van der Waals surface area contributed by atoms with E-state index in [2.05, 4.69) is 20.9 Å². The molecule has 2 aromatic rings. The molecule has 1 aliphatic heterocycles. The lowest BCUT2D eigenvalue weighted by Gasteiger charge is -2.15. The highest BCUT2D eigenvalue weighted by atomic mass is 79.9. The number of fused-ring (bicyclic) bond motifs is 1. The predicted molar refractivity (Wildman–Crippen MR) is 88.5 cm³/mol. The van der Waals surface area contributed by atoms with Crippen LogP contribution < -0.4 is 4.90 Å². The number of benzene rings is 1. The number of hydrogen-bond acceptors (Lipinski definition) is 4. The maximum absolute atomic E-state index is 12.1. The maximum Gasteiger partial charge on any atom is 0.229 e. The molecule has 1 aromatic carbocycles. The minimum Gasteiger partial charge on any atom is -0.296 e. The molecular weight excluding hydrogens is 352 g/mol. The Morgan fingerprint density at radius 1 is 1.38 bits per heavy atom. The first-order chi connectivity index (χ1) is 10.0. The van der Waals surface area contributed by atoms with Gasteiger partial charge in [-0.3, -0.25) is 14.5 Å². The van der Waals surface area contributed by atoms with Crippen molar-refractivity contribution in [2.45, 2.75) is 18.6 Å². The Morgan fingerprint density at radius 2 is 2.19 bits per heavy atom. The molecule has 1 unspecified atom stereocenters. The van der Waals surface area contributed by atoms with E-state index in [4.69, 9.17) is 0 Å². The molecule has 6 heteroatoms. The molecule has 1 saturated heterocycles. The quantitative estimate of drug-likeness (QED) is 0.819. The van der Waals surface area contributed by atoms with E-state index in [1.54, 1.807) is 4.90 Å². The van der Waals surface area contributed by atoms with E-state index in [1.807, 2.05) is 30.3 Å². The van der Waals surface area contributed by atoms with Gasteiger partial charge < -0.3 is 0 Å². The van der Waals surface area contributed by atoms with Crippen LogP contribution in [0.1, 0.15) is 13.3 Å². The standard InChI is InChI=1S/C15H13BrN2O2S/c1-9(19)21-12-7-15(20)18(8-12)14-5-2-10-6-11(16)3-4-13(10)17-14/h2-6,12H,7-8H2,1H3. The first-order valence-electron chi connectivity index (χ1n) is 6.57. The van der Waals surface area contributed by atoms with Crippen LogP contribution in [0.3, 0.4) is 0 Å². The van der Waals surface area contributed by atoms with E-state index in [1.165, 1.54) is 18.7 Å². The fourth-order valence-electron chi connectivity index (χ4n) is 2.45. The molecule has 3 rings (SSSR count). The molecular formula is C15H13BrN2O2S. The van der Waals surface area contributed by atoms with Gasteiger partial charge in [0.05, 0.1) is 5.52 Å². The number of nitrogens with zero attached hydrogens (tertiary/aromatic N) is 2. The van der Waals surface area contributed by atoms with Gasteiger partial charge in [-0.25, -0.2) is 4.98 Å².